The van der Waals surface area contributed by atoms with E-state index in [-0.39, 0.29) is 36.8 Å². The van der Waals surface area contributed by atoms with Gasteiger partial charge < -0.3 is 11.1 Å². The Labute approximate surface area is 159 Å². The van der Waals surface area contributed by atoms with E-state index >= 15 is 0 Å². The number of hydrogen-bond donors (Lipinski definition) is 2. The van der Waals surface area contributed by atoms with Gasteiger partial charge >= 0.3 is 0 Å². The summed E-state index contributed by atoms with van der Waals surface area (Å²) in [6.07, 6.45) is 10.6. The molecule has 3 rings (SSSR count). The first kappa shape index (κ1) is 21.3. The highest BCUT2D eigenvalue weighted by atomic mass is 35.5. The number of nitrogens with zero attached hydrogens (tertiary/aromatic N) is 4. The summed E-state index contributed by atoms with van der Waals surface area (Å²) in [6.45, 7) is 0.473. The van der Waals surface area contributed by atoms with Crippen molar-refractivity contribution in [1.82, 2.24) is 25.1 Å². The van der Waals surface area contributed by atoms with E-state index < -0.39 is 0 Å². The summed E-state index contributed by atoms with van der Waals surface area (Å²) in [6, 6.07) is 3.54. The fourth-order valence-electron chi connectivity index (χ4n) is 3.14. The van der Waals surface area contributed by atoms with Gasteiger partial charge in [-0.15, -0.1) is 24.8 Å². The highest BCUT2D eigenvalue weighted by molar-refractivity contribution is 5.94. The van der Waals surface area contributed by atoms with E-state index in [9.17, 15) is 4.79 Å². The number of halogens is 2. The van der Waals surface area contributed by atoms with Gasteiger partial charge in [0.1, 0.15) is 12.7 Å². The molecule has 138 valence electrons. The lowest BCUT2D eigenvalue weighted by Crippen LogP contribution is -2.45. The molecular formula is C16H24Cl2N6O. The molecule has 0 aliphatic heterocycles. The molecule has 1 fully saturated rings. The summed E-state index contributed by atoms with van der Waals surface area (Å²) in [5.74, 6) is 0.991. The zero-order valence-electron chi connectivity index (χ0n) is 13.9. The molecule has 2 aromatic rings. The first-order valence-electron chi connectivity index (χ1n) is 8.10. The number of hydrogen-bond acceptors (Lipinski definition) is 5. The van der Waals surface area contributed by atoms with Gasteiger partial charge in [0.2, 0.25) is 0 Å². The number of nitrogens with one attached hydrogen (secondary N) is 1. The molecule has 1 aliphatic rings. The third-order valence-corrected chi connectivity index (χ3v) is 4.45. The van der Waals surface area contributed by atoms with Crippen LogP contribution in [0.2, 0.25) is 0 Å². The normalized spacial score (nSPS) is 15.6. The van der Waals surface area contributed by atoms with Crippen molar-refractivity contribution >= 4 is 30.7 Å². The van der Waals surface area contributed by atoms with Crippen LogP contribution in [0.4, 0.5) is 0 Å². The zero-order chi connectivity index (χ0) is 16.1. The monoisotopic (exact) mass is 386 g/mol. The second-order valence-corrected chi connectivity index (χ2v) is 5.96. The van der Waals surface area contributed by atoms with E-state index in [4.69, 9.17) is 5.73 Å². The molecule has 0 spiro atoms. The SMILES string of the molecule is Cl.Cl.NCC(NC(=O)c1ccc(-n2cncn2)nc1)C1CCCCC1. The fourth-order valence-corrected chi connectivity index (χ4v) is 3.14. The molecule has 9 heteroatoms. The van der Waals surface area contributed by atoms with Crippen LogP contribution in [0.3, 0.4) is 0 Å². The third kappa shape index (κ3) is 5.39. The van der Waals surface area contributed by atoms with Crippen molar-refractivity contribution in [1.29, 1.82) is 0 Å². The topological polar surface area (TPSA) is 98.7 Å². The molecule has 0 aromatic carbocycles. The maximum atomic E-state index is 12.4. The fraction of sp³-hybridized carbons (Fsp3) is 0.500. The molecule has 0 radical (unpaired) electrons. The molecular weight excluding hydrogens is 363 g/mol. The molecule has 1 unspecified atom stereocenters. The minimum atomic E-state index is -0.122. The Morgan fingerprint density at radius 1 is 1.28 bits per heavy atom. The summed E-state index contributed by atoms with van der Waals surface area (Å²) < 4.78 is 1.55. The number of aromatic nitrogens is 4. The summed E-state index contributed by atoms with van der Waals surface area (Å²) in [4.78, 5) is 20.5. The van der Waals surface area contributed by atoms with Crippen molar-refractivity contribution in [2.24, 2.45) is 11.7 Å². The van der Waals surface area contributed by atoms with Crippen LogP contribution < -0.4 is 11.1 Å². The van der Waals surface area contributed by atoms with Crippen molar-refractivity contribution < 1.29 is 4.79 Å². The van der Waals surface area contributed by atoms with E-state index in [0.29, 0.717) is 23.8 Å². The second kappa shape index (κ2) is 10.3. The summed E-state index contributed by atoms with van der Waals surface area (Å²) in [7, 11) is 0. The minimum absolute atomic E-state index is 0. The molecule has 25 heavy (non-hydrogen) atoms. The van der Waals surface area contributed by atoms with Gasteiger partial charge in [0.05, 0.1) is 5.56 Å². The Morgan fingerprint density at radius 2 is 2.04 bits per heavy atom. The lowest BCUT2D eigenvalue weighted by atomic mass is 9.84. The van der Waals surface area contributed by atoms with E-state index in [1.807, 2.05) is 0 Å². The molecule has 1 atom stereocenters. The Morgan fingerprint density at radius 3 is 2.60 bits per heavy atom. The number of amides is 1. The van der Waals surface area contributed by atoms with Crippen LogP contribution in [0.5, 0.6) is 0 Å². The van der Waals surface area contributed by atoms with Gasteiger partial charge in [-0.2, -0.15) is 5.10 Å². The van der Waals surface area contributed by atoms with Crippen molar-refractivity contribution in [3.8, 4) is 5.82 Å². The Hall–Kier alpha value is -1.70. The lowest BCUT2D eigenvalue weighted by molar-refractivity contribution is 0.0915. The summed E-state index contributed by atoms with van der Waals surface area (Å²) in [5.41, 5.74) is 6.40. The third-order valence-electron chi connectivity index (χ3n) is 4.45. The van der Waals surface area contributed by atoms with Gasteiger partial charge in [-0.1, -0.05) is 19.3 Å². The standard InChI is InChI=1S/C16H22N6O.2ClH/c17-8-14(12-4-2-1-3-5-12)21-16(23)13-6-7-15(19-9-13)22-11-18-10-20-22;;/h6-7,9-12,14H,1-5,8,17H2,(H,21,23);2*1H. The predicted octanol–water partition coefficient (Wildman–Crippen LogP) is 2.14. The van der Waals surface area contributed by atoms with Crippen molar-refractivity contribution in [2.45, 2.75) is 38.1 Å². The largest absolute Gasteiger partial charge is 0.348 e. The van der Waals surface area contributed by atoms with Crippen LogP contribution >= 0.6 is 24.8 Å². The van der Waals surface area contributed by atoms with Gasteiger partial charge in [0.15, 0.2) is 5.82 Å². The van der Waals surface area contributed by atoms with E-state index in [2.05, 4.69) is 20.4 Å². The molecule has 1 amide bonds. The molecule has 0 saturated heterocycles. The molecule has 2 heterocycles. The molecule has 1 aliphatic carbocycles. The highest BCUT2D eigenvalue weighted by Crippen LogP contribution is 2.26. The molecule has 0 bridgehead atoms. The average Bonchev–Trinajstić information content (AvgIpc) is 3.15. The number of rotatable bonds is 5. The first-order valence-corrected chi connectivity index (χ1v) is 8.10. The number of carbonyl (C=O) groups is 1. The summed E-state index contributed by atoms with van der Waals surface area (Å²) in [5, 5.41) is 7.08. The maximum absolute atomic E-state index is 12.4. The van der Waals surface area contributed by atoms with Crippen LogP contribution in [0.1, 0.15) is 42.5 Å². The summed E-state index contributed by atoms with van der Waals surface area (Å²) >= 11 is 0. The molecule has 3 N–H and O–H groups in total. The lowest BCUT2D eigenvalue weighted by Gasteiger charge is -2.30. The van der Waals surface area contributed by atoms with Crippen LogP contribution in [0.15, 0.2) is 31.0 Å². The zero-order valence-corrected chi connectivity index (χ0v) is 15.5. The van der Waals surface area contributed by atoms with Crippen molar-refractivity contribution in [3.63, 3.8) is 0 Å². The Bertz CT molecular complexity index is 629. The van der Waals surface area contributed by atoms with Crippen molar-refractivity contribution in [2.75, 3.05) is 6.54 Å². The van der Waals surface area contributed by atoms with Crippen LogP contribution in [0.25, 0.3) is 5.82 Å². The average molecular weight is 387 g/mol. The maximum Gasteiger partial charge on any atom is 0.253 e. The van der Waals surface area contributed by atoms with E-state index in [1.54, 1.807) is 29.3 Å². The van der Waals surface area contributed by atoms with Crippen LogP contribution in [-0.4, -0.2) is 38.2 Å². The number of pyridine rings is 1. The van der Waals surface area contributed by atoms with Crippen LogP contribution in [-0.2, 0) is 0 Å². The quantitative estimate of drug-likeness (QED) is 0.819. The van der Waals surface area contributed by atoms with Gasteiger partial charge in [-0.05, 0) is 30.9 Å². The van der Waals surface area contributed by atoms with Gasteiger partial charge in [0.25, 0.3) is 5.91 Å². The van der Waals surface area contributed by atoms with Gasteiger partial charge in [-0.3, -0.25) is 4.79 Å². The van der Waals surface area contributed by atoms with E-state index in [1.165, 1.54) is 25.6 Å². The molecule has 2 aromatic heterocycles. The Balaban J connectivity index is 0.00000156. The highest BCUT2D eigenvalue weighted by Gasteiger charge is 2.24. The minimum Gasteiger partial charge on any atom is -0.348 e. The van der Waals surface area contributed by atoms with Crippen LogP contribution in [0, 0.1) is 5.92 Å². The van der Waals surface area contributed by atoms with Gasteiger partial charge in [0, 0.05) is 18.8 Å². The van der Waals surface area contributed by atoms with E-state index in [0.717, 1.165) is 12.8 Å². The molecule has 7 nitrogen and oxygen atoms in total. The molecule has 1 saturated carbocycles. The predicted molar refractivity (Wildman–Crippen MR) is 101 cm³/mol. The van der Waals surface area contributed by atoms with Crippen molar-refractivity contribution in [3.05, 3.63) is 36.5 Å². The van der Waals surface area contributed by atoms with Gasteiger partial charge in [-0.25, -0.2) is 14.6 Å². The second-order valence-electron chi connectivity index (χ2n) is 5.96. The smallest absolute Gasteiger partial charge is 0.253 e. The first-order chi connectivity index (χ1) is 11.3. The number of carbonyl (C=O) groups excluding carboxylic acids is 1. The number of nitrogens with two attached hydrogens (primary N) is 1. The Kier molecular flexibility index (Phi) is 8.82.